The molecule has 20 heavy (non-hydrogen) atoms. The van der Waals surface area contributed by atoms with Gasteiger partial charge in [0.2, 0.25) is 0 Å². The number of carbonyl (C=O) groups is 1. The second-order valence-electron chi connectivity index (χ2n) is 4.24. The summed E-state index contributed by atoms with van der Waals surface area (Å²) in [5.41, 5.74) is 1.48. The van der Waals surface area contributed by atoms with Crippen LogP contribution in [0.15, 0.2) is 53.4 Å². The molecule has 0 saturated heterocycles. The van der Waals surface area contributed by atoms with Gasteiger partial charge in [-0.2, -0.15) is 0 Å². The van der Waals surface area contributed by atoms with E-state index in [1.54, 1.807) is 36.4 Å². The fourth-order valence-corrected chi connectivity index (χ4v) is 2.42. The lowest BCUT2D eigenvalue weighted by molar-refractivity contribution is 0.0982. The van der Waals surface area contributed by atoms with Gasteiger partial charge in [0.05, 0.1) is 12.0 Å². The Morgan fingerprint density at radius 2 is 1.85 bits per heavy atom. The number of hydrogen-bond donors (Lipinski definition) is 1. The molecule has 0 aliphatic carbocycles. The number of methoxy groups -OCH3 is 1. The van der Waals surface area contributed by atoms with Crippen molar-refractivity contribution in [1.29, 1.82) is 0 Å². The van der Waals surface area contributed by atoms with Gasteiger partial charge >= 0.3 is 0 Å². The Morgan fingerprint density at radius 3 is 2.50 bits per heavy atom. The van der Waals surface area contributed by atoms with Crippen LogP contribution >= 0.6 is 0 Å². The SMILES string of the molecule is COc1cccc(C(=O)NS(=O)c2ccc(C)cc2)c1. The van der Waals surface area contributed by atoms with Crippen molar-refractivity contribution in [2.24, 2.45) is 0 Å². The molecule has 4 nitrogen and oxygen atoms in total. The molecule has 0 aliphatic rings. The Hall–Kier alpha value is -2.14. The number of ether oxygens (including phenoxy) is 1. The van der Waals surface area contributed by atoms with E-state index in [1.165, 1.54) is 7.11 Å². The molecule has 2 aromatic rings. The number of hydrogen-bond acceptors (Lipinski definition) is 3. The minimum absolute atomic E-state index is 0.400. The fraction of sp³-hybridized carbons (Fsp3) is 0.133. The van der Waals surface area contributed by atoms with Crippen LogP contribution in [0.3, 0.4) is 0 Å². The third kappa shape index (κ3) is 3.45. The molecule has 0 aliphatic heterocycles. The van der Waals surface area contributed by atoms with Gasteiger partial charge in [0.15, 0.2) is 11.0 Å². The van der Waals surface area contributed by atoms with Crippen molar-refractivity contribution in [1.82, 2.24) is 4.72 Å². The first-order valence-electron chi connectivity index (χ1n) is 6.03. The topological polar surface area (TPSA) is 55.4 Å². The monoisotopic (exact) mass is 289 g/mol. The Morgan fingerprint density at radius 1 is 1.15 bits per heavy atom. The van der Waals surface area contributed by atoms with E-state index in [0.29, 0.717) is 16.2 Å². The summed E-state index contributed by atoms with van der Waals surface area (Å²) in [5, 5.41) is 0. The third-order valence-corrected chi connectivity index (χ3v) is 3.82. The van der Waals surface area contributed by atoms with E-state index in [9.17, 15) is 9.00 Å². The molecular weight excluding hydrogens is 274 g/mol. The van der Waals surface area contributed by atoms with Gasteiger partial charge in [-0.1, -0.05) is 23.8 Å². The second kappa shape index (κ2) is 6.34. The number of carbonyl (C=O) groups excluding carboxylic acids is 1. The van der Waals surface area contributed by atoms with E-state index in [4.69, 9.17) is 4.74 Å². The highest BCUT2D eigenvalue weighted by atomic mass is 32.2. The molecule has 0 aromatic heterocycles. The number of benzene rings is 2. The van der Waals surface area contributed by atoms with E-state index in [0.717, 1.165) is 5.56 Å². The van der Waals surface area contributed by atoms with Crippen molar-refractivity contribution >= 4 is 16.9 Å². The lowest BCUT2D eigenvalue weighted by atomic mass is 10.2. The van der Waals surface area contributed by atoms with Gasteiger partial charge in [0.25, 0.3) is 5.91 Å². The number of amides is 1. The summed E-state index contributed by atoms with van der Waals surface area (Å²) < 4.78 is 19.6. The van der Waals surface area contributed by atoms with E-state index in [2.05, 4.69) is 4.72 Å². The molecule has 1 amide bonds. The van der Waals surface area contributed by atoms with E-state index in [1.807, 2.05) is 19.1 Å². The molecule has 2 rings (SSSR count). The van der Waals surface area contributed by atoms with Gasteiger partial charge in [-0.3, -0.25) is 9.52 Å². The van der Waals surface area contributed by atoms with Gasteiger partial charge in [0, 0.05) is 5.56 Å². The van der Waals surface area contributed by atoms with Crippen LogP contribution in [0, 0.1) is 6.92 Å². The van der Waals surface area contributed by atoms with Crippen LogP contribution in [-0.2, 0) is 11.0 Å². The van der Waals surface area contributed by atoms with Crippen LogP contribution in [0.5, 0.6) is 5.75 Å². The quantitative estimate of drug-likeness (QED) is 0.940. The molecular formula is C15H15NO3S. The maximum atomic E-state index is 12.0. The third-order valence-electron chi connectivity index (χ3n) is 2.75. The first-order valence-corrected chi connectivity index (χ1v) is 7.18. The summed E-state index contributed by atoms with van der Waals surface area (Å²) >= 11 is 0. The average Bonchev–Trinajstić information content (AvgIpc) is 2.47. The summed E-state index contributed by atoms with van der Waals surface area (Å²) in [6.07, 6.45) is 0. The molecule has 0 radical (unpaired) electrons. The van der Waals surface area contributed by atoms with Crippen LogP contribution in [0.25, 0.3) is 0 Å². The molecule has 1 N–H and O–H groups in total. The summed E-state index contributed by atoms with van der Waals surface area (Å²) in [6, 6.07) is 13.9. The summed E-state index contributed by atoms with van der Waals surface area (Å²) in [6.45, 7) is 1.95. The van der Waals surface area contributed by atoms with Crippen molar-refractivity contribution in [2.45, 2.75) is 11.8 Å². The minimum Gasteiger partial charge on any atom is -0.497 e. The molecule has 0 saturated carbocycles. The Kier molecular flexibility index (Phi) is 4.53. The van der Waals surface area contributed by atoms with E-state index in [-0.39, 0.29) is 0 Å². The molecule has 0 heterocycles. The highest BCUT2D eigenvalue weighted by Gasteiger charge is 2.11. The Labute approximate surface area is 120 Å². The van der Waals surface area contributed by atoms with Crippen molar-refractivity contribution in [3.05, 3.63) is 59.7 Å². The molecule has 0 fully saturated rings. The maximum Gasteiger partial charge on any atom is 0.263 e. The molecule has 5 heteroatoms. The summed E-state index contributed by atoms with van der Waals surface area (Å²) in [7, 11) is -0.0419. The van der Waals surface area contributed by atoms with Crippen molar-refractivity contribution in [2.75, 3.05) is 7.11 Å². The number of nitrogens with one attached hydrogen (secondary N) is 1. The highest BCUT2D eigenvalue weighted by molar-refractivity contribution is 7.83. The molecule has 1 atom stereocenters. The van der Waals surface area contributed by atoms with Crippen LogP contribution in [-0.4, -0.2) is 17.2 Å². The largest absolute Gasteiger partial charge is 0.497 e. The standard InChI is InChI=1S/C15H15NO3S/c1-11-6-8-14(9-7-11)20(18)16-15(17)12-4-3-5-13(10-12)19-2/h3-10H,1-2H3,(H,16,17). The minimum atomic E-state index is -1.57. The molecule has 104 valence electrons. The van der Waals surface area contributed by atoms with Crippen LogP contribution in [0.2, 0.25) is 0 Å². The maximum absolute atomic E-state index is 12.0. The van der Waals surface area contributed by atoms with Gasteiger partial charge in [-0.15, -0.1) is 0 Å². The molecule has 0 bridgehead atoms. The fourth-order valence-electron chi connectivity index (χ4n) is 1.63. The lowest BCUT2D eigenvalue weighted by Crippen LogP contribution is -2.25. The van der Waals surface area contributed by atoms with E-state index < -0.39 is 16.9 Å². The zero-order valence-corrected chi connectivity index (χ0v) is 12.1. The Balaban J connectivity index is 2.10. The highest BCUT2D eigenvalue weighted by Crippen LogP contribution is 2.13. The summed E-state index contributed by atoms with van der Waals surface area (Å²) in [4.78, 5) is 12.6. The van der Waals surface area contributed by atoms with E-state index >= 15 is 0 Å². The van der Waals surface area contributed by atoms with Crippen molar-refractivity contribution < 1.29 is 13.7 Å². The molecule has 0 spiro atoms. The summed E-state index contributed by atoms with van der Waals surface area (Å²) in [5.74, 6) is 0.182. The van der Waals surface area contributed by atoms with Crippen LogP contribution in [0.4, 0.5) is 0 Å². The lowest BCUT2D eigenvalue weighted by Gasteiger charge is -2.06. The van der Waals surface area contributed by atoms with Gasteiger partial charge in [0.1, 0.15) is 5.75 Å². The zero-order chi connectivity index (χ0) is 14.5. The first-order chi connectivity index (χ1) is 9.60. The number of aryl methyl sites for hydroxylation is 1. The molecule has 1 unspecified atom stereocenters. The van der Waals surface area contributed by atoms with Crippen LogP contribution in [0.1, 0.15) is 15.9 Å². The number of rotatable bonds is 4. The van der Waals surface area contributed by atoms with Crippen molar-refractivity contribution in [3.8, 4) is 5.75 Å². The first kappa shape index (κ1) is 14.3. The van der Waals surface area contributed by atoms with Gasteiger partial charge in [-0.05, 0) is 37.3 Å². The predicted octanol–water partition coefficient (Wildman–Crippen LogP) is 2.46. The second-order valence-corrected chi connectivity index (χ2v) is 5.46. The predicted molar refractivity (Wildman–Crippen MR) is 78.0 cm³/mol. The average molecular weight is 289 g/mol. The Bertz CT molecular complexity index is 638. The van der Waals surface area contributed by atoms with Gasteiger partial charge < -0.3 is 4.74 Å². The normalized spacial score (nSPS) is 11.7. The van der Waals surface area contributed by atoms with Crippen LogP contribution < -0.4 is 9.46 Å². The van der Waals surface area contributed by atoms with Gasteiger partial charge in [-0.25, -0.2) is 4.21 Å². The van der Waals surface area contributed by atoms with Crippen molar-refractivity contribution in [3.63, 3.8) is 0 Å². The zero-order valence-electron chi connectivity index (χ0n) is 11.3. The smallest absolute Gasteiger partial charge is 0.263 e. The molecule has 2 aromatic carbocycles.